The fourth-order valence-corrected chi connectivity index (χ4v) is 3.59. The van der Waals surface area contributed by atoms with Gasteiger partial charge in [0.05, 0.1) is 12.7 Å². The van der Waals surface area contributed by atoms with E-state index < -0.39 is 5.60 Å². The first-order chi connectivity index (χ1) is 9.06. The molecule has 3 rings (SSSR count). The van der Waals surface area contributed by atoms with Gasteiger partial charge in [-0.25, -0.2) is 0 Å². The lowest BCUT2D eigenvalue weighted by atomic mass is 9.81. The molecule has 1 fully saturated rings. The lowest BCUT2D eigenvalue weighted by molar-refractivity contribution is 0.149. The van der Waals surface area contributed by atoms with E-state index in [9.17, 15) is 5.11 Å². The maximum atomic E-state index is 10.3. The summed E-state index contributed by atoms with van der Waals surface area (Å²) in [7, 11) is 1.76. The number of rotatable bonds is 3. The van der Waals surface area contributed by atoms with E-state index in [0.717, 1.165) is 25.0 Å². The maximum Gasteiger partial charge on any atom is 0.125 e. The average molecular weight is 260 g/mol. The minimum Gasteiger partial charge on any atom is -0.496 e. The Labute approximate surface area is 115 Å². The van der Waals surface area contributed by atoms with Gasteiger partial charge >= 0.3 is 0 Å². The van der Waals surface area contributed by atoms with Crippen LogP contribution in [-0.4, -0.2) is 17.8 Å². The highest BCUT2D eigenvalue weighted by molar-refractivity contribution is 5.56. The Hall–Kier alpha value is -1.02. The molecule has 0 aromatic heterocycles. The second-order valence-electron chi connectivity index (χ2n) is 6.33. The molecule has 0 unspecified atom stereocenters. The molecule has 104 valence electrons. The van der Waals surface area contributed by atoms with E-state index in [2.05, 4.69) is 13.8 Å². The van der Waals surface area contributed by atoms with Crippen molar-refractivity contribution in [2.45, 2.75) is 64.4 Å². The summed E-state index contributed by atoms with van der Waals surface area (Å²) >= 11 is 0. The smallest absolute Gasteiger partial charge is 0.125 e. The number of benzene rings is 1. The molecular formula is C17H24O2. The van der Waals surface area contributed by atoms with Gasteiger partial charge in [0.25, 0.3) is 0 Å². The lowest BCUT2D eigenvalue weighted by Crippen LogP contribution is -2.17. The average Bonchev–Trinajstić information content (AvgIpc) is 3.14. The molecule has 1 N–H and O–H groups in total. The van der Waals surface area contributed by atoms with Crippen molar-refractivity contribution >= 4 is 0 Å². The molecule has 2 aliphatic carbocycles. The largest absolute Gasteiger partial charge is 0.496 e. The molecule has 0 heterocycles. The van der Waals surface area contributed by atoms with Crippen LogP contribution in [0.5, 0.6) is 5.75 Å². The molecule has 0 bridgehead atoms. The summed E-state index contributed by atoms with van der Waals surface area (Å²) in [5.41, 5.74) is 6.52. The van der Waals surface area contributed by atoms with Gasteiger partial charge < -0.3 is 9.84 Å². The van der Waals surface area contributed by atoms with Crippen molar-refractivity contribution in [3.05, 3.63) is 27.8 Å². The molecule has 0 spiro atoms. The summed E-state index contributed by atoms with van der Waals surface area (Å²) in [6, 6.07) is 0. The number of hydrogen-bond acceptors (Lipinski definition) is 2. The van der Waals surface area contributed by atoms with Crippen LogP contribution in [0.25, 0.3) is 0 Å². The van der Waals surface area contributed by atoms with Crippen molar-refractivity contribution in [3.8, 4) is 5.75 Å². The molecule has 1 saturated carbocycles. The summed E-state index contributed by atoms with van der Waals surface area (Å²) in [6.07, 6.45) is 7.59. The van der Waals surface area contributed by atoms with Crippen molar-refractivity contribution in [2.75, 3.05) is 7.11 Å². The second kappa shape index (κ2) is 4.52. The number of fused-ring (bicyclic) bond motifs is 1. The fraction of sp³-hybridized carbons (Fsp3) is 0.647. The van der Waals surface area contributed by atoms with E-state index >= 15 is 0 Å². The molecule has 1 aromatic rings. The molecular weight excluding hydrogens is 236 g/mol. The van der Waals surface area contributed by atoms with E-state index in [0.29, 0.717) is 0 Å². The monoisotopic (exact) mass is 260 g/mol. The normalized spacial score (nSPS) is 20.0. The lowest BCUT2D eigenvalue weighted by Gasteiger charge is -2.26. The highest BCUT2D eigenvalue weighted by atomic mass is 16.5. The van der Waals surface area contributed by atoms with Gasteiger partial charge in [-0.3, -0.25) is 0 Å². The highest BCUT2D eigenvalue weighted by Gasteiger charge is 2.41. The first kappa shape index (κ1) is 13.0. The molecule has 2 aliphatic rings. The molecule has 0 radical (unpaired) electrons. The van der Waals surface area contributed by atoms with Crippen LogP contribution in [0.3, 0.4) is 0 Å². The zero-order valence-electron chi connectivity index (χ0n) is 12.3. The number of hydrogen-bond donors (Lipinski definition) is 1. The quantitative estimate of drug-likeness (QED) is 0.904. The maximum absolute atomic E-state index is 10.3. The first-order valence-electron chi connectivity index (χ1n) is 7.46. The van der Waals surface area contributed by atoms with Gasteiger partial charge in [0.15, 0.2) is 0 Å². The first-order valence-corrected chi connectivity index (χ1v) is 7.46. The Morgan fingerprint density at radius 2 is 1.63 bits per heavy atom. The van der Waals surface area contributed by atoms with Gasteiger partial charge in [-0.05, 0) is 74.6 Å². The zero-order chi connectivity index (χ0) is 13.6. The highest BCUT2D eigenvalue weighted by Crippen LogP contribution is 2.44. The van der Waals surface area contributed by atoms with Crippen LogP contribution in [0.4, 0.5) is 0 Å². The van der Waals surface area contributed by atoms with Gasteiger partial charge in [-0.15, -0.1) is 0 Å². The Morgan fingerprint density at radius 3 is 2.16 bits per heavy atom. The van der Waals surface area contributed by atoms with Crippen LogP contribution in [0.1, 0.15) is 53.5 Å². The van der Waals surface area contributed by atoms with Crippen LogP contribution < -0.4 is 4.74 Å². The molecule has 19 heavy (non-hydrogen) atoms. The molecule has 0 saturated heterocycles. The predicted molar refractivity (Wildman–Crippen MR) is 77.0 cm³/mol. The van der Waals surface area contributed by atoms with Crippen LogP contribution in [-0.2, 0) is 19.3 Å². The standard InChI is InChI=1S/C17H24O2/c1-11-13-6-4-5-7-14(13)12(2)16(19-3)15(11)10-17(18)8-9-17/h18H,4-10H2,1-3H3. The molecule has 0 atom stereocenters. The molecule has 1 aromatic carbocycles. The van der Waals surface area contributed by atoms with Crippen molar-refractivity contribution in [1.29, 1.82) is 0 Å². The fourth-order valence-electron chi connectivity index (χ4n) is 3.59. The van der Waals surface area contributed by atoms with Crippen LogP contribution >= 0.6 is 0 Å². The minimum atomic E-state index is -0.451. The molecule has 2 nitrogen and oxygen atoms in total. The third-order valence-electron chi connectivity index (χ3n) is 4.98. The van der Waals surface area contributed by atoms with Gasteiger partial charge in [0.2, 0.25) is 0 Å². The third kappa shape index (κ3) is 2.16. The van der Waals surface area contributed by atoms with Gasteiger partial charge in [0.1, 0.15) is 5.75 Å². The third-order valence-corrected chi connectivity index (χ3v) is 4.98. The van der Waals surface area contributed by atoms with Gasteiger partial charge in [0, 0.05) is 12.0 Å². The summed E-state index contributed by atoms with van der Waals surface area (Å²) in [6.45, 7) is 4.40. The zero-order valence-corrected chi connectivity index (χ0v) is 12.3. The van der Waals surface area contributed by atoms with E-state index in [-0.39, 0.29) is 0 Å². The van der Waals surface area contributed by atoms with E-state index in [1.165, 1.54) is 53.5 Å². The van der Waals surface area contributed by atoms with Gasteiger partial charge in [-0.2, -0.15) is 0 Å². The summed E-state index contributed by atoms with van der Waals surface area (Å²) in [4.78, 5) is 0. The minimum absolute atomic E-state index is 0.451. The Kier molecular flexibility index (Phi) is 3.09. The van der Waals surface area contributed by atoms with Crippen LogP contribution in [0, 0.1) is 13.8 Å². The Morgan fingerprint density at radius 1 is 1.05 bits per heavy atom. The van der Waals surface area contributed by atoms with E-state index in [4.69, 9.17) is 4.74 Å². The molecule has 0 amide bonds. The molecule has 0 aliphatic heterocycles. The Bertz CT molecular complexity index is 513. The number of ether oxygens (including phenoxy) is 1. The van der Waals surface area contributed by atoms with Crippen molar-refractivity contribution in [2.24, 2.45) is 0 Å². The van der Waals surface area contributed by atoms with Crippen molar-refractivity contribution in [1.82, 2.24) is 0 Å². The summed E-state index contributed by atoms with van der Waals surface area (Å²) in [5, 5.41) is 10.3. The van der Waals surface area contributed by atoms with Crippen LogP contribution in [0.2, 0.25) is 0 Å². The Balaban J connectivity index is 2.13. The topological polar surface area (TPSA) is 29.5 Å². The molecule has 2 heteroatoms. The van der Waals surface area contributed by atoms with E-state index in [1.807, 2.05) is 0 Å². The van der Waals surface area contributed by atoms with Gasteiger partial charge in [-0.1, -0.05) is 0 Å². The van der Waals surface area contributed by atoms with Crippen LogP contribution in [0.15, 0.2) is 0 Å². The second-order valence-corrected chi connectivity index (χ2v) is 6.33. The van der Waals surface area contributed by atoms with Crippen molar-refractivity contribution in [3.63, 3.8) is 0 Å². The number of methoxy groups -OCH3 is 1. The number of aliphatic hydroxyl groups is 1. The summed E-state index contributed by atoms with van der Waals surface area (Å²) in [5.74, 6) is 1.03. The van der Waals surface area contributed by atoms with E-state index in [1.54, 1.807) is 7.11 Å². The SMILES string of the molecule is COc1c(C)c2c(c(C)c1CC1(O)CC1)CCCC2. The van der Waals surface area contributed by atoms with Crippen molar-refractivity contribution < 1.29 is 9.84 Å². The predicted octanol–water partition coefficient (Wildman–Crippen LogP) is 3.26. The summed E-state index contributed by atoms with van der Waals surface area (Å²) < 4.78 is 5.69.